The highest BCUT2D eigenvalue weighted by Gasteiger charge is 2.25. The van der Waals surface area contributed by atoms with E-state index in [1.54, 1.807) is 23.3 Å². The number of hydrogen-bond donors (Lipinski definition) is 0. The lowest BCUT2D eigenvalue weighted by Crippen LogP contribution is -2.37. The van der Waals surface area contributed by atoms with Crippen molar-refractivity contribution in [2.45, 2.75) is 170 Å². The third kappa shape index (κ3) is 18.5. The first-order chi connectivity index (χ1) is 54.1. The number of aryl methyl sites for hydroxylation is 13. The SMILES string of the molecule is Cc1cc(C)[n+](C)c(-c2ccccc2C)c1.Cc1ccccc1-c1cc2c(c[n+]1C)CCCC2.[2H]C([2H])([2H])C([2H])(C)c1ccc(-c2ccccc2C)[n+](C)c1C.[2H]C([2H])([2H])c1c(C)c(C)c(-c2ccccc2C)[n+](C)c1C.[2H]C([2H])([2H])c1c(C)cc(-c2ccccc2C)[n+](C)c1C.[2H]C([2H])([2H])c1ccc(-c2ccccc2C)[n+](C)c1C. The van der Waals surface area contributed by atoms with Gasteiger partial charge in [0.2, 0.25) is 34.2 Å². The molecule has 532 valence electrons. The third-order valence-electron chi connectivity index (χ3n) is 21.0. The monoisotopic (exact) mass is 1380 g/mol. The Hall–Kier alpha value is -9.78. The Labute approximate surface area is 639 Å². The Balaban J connectivity index is 0.000000174. The molecule has 0 aliphatic heterocycles. The molecular formula is C97H120N6+6. The molecule has 6 aromatic carbocycles. The molecular weight excluding hydrogens is 1250 g/mol. The van der Waals surface area contributed by atoms with Crippen LogP contribution in [0.25, 0.3) is 67.5 Å². The van der Waals surface area contributed by atoms with Gasteiger partial charge in [-0.2, -0.15) is 22.8 Å². The van der Waals surface area contributed by atoms with Gasteiger partial charge in [-0.05, 0) is 226 Å². The van der Waals surface area contributed by atoms with Crippen molar-refractivity contribution in [2.24, 2.45) is 42.3 Å². The quantitative estimate of drug-likeness (QED) is 0.142. The first kappa shape index (κ1) is 61.8. The number of fused-ring (bicyclic) bond motifs is 1. The zero-order chi connectivity index (χ0) is 86.2. The molecule has 0 radical (unpaired) electrons. The van der Waals surface area contributed by atoms with Crippen LogP contribution in [0, 0.1) is 124 Å². The molecule has 12 aromatic rings. The van der Waals surface area contributed by atoms with Gasteiger partial charge in [0.05, 0.1) is 0 Å². The third-order valence-corrected chi connectivity index (χ3v) is 21.0. The van der Waals surface area contributed by atoms with E-state index in [1.165, 1.54) is 94.2 Å². The van der Waals surface area contributed by atoms with Gasteiger partial charge >= 0.3 is 0 Å². The van der Waals surface area contributed by atoms with E-state index in [1.807, 2.05) is 168 Å². The van der Waals surface area contributed by atoms with Crippen LogP contribution in [-0.2, 0) is 55.1 Å². The molecule has 1 unspecified atom stereocenters. The first-order valence-electron chi connectivity index (χ1n) is 42.5. The molecule has 0 bridgehead atoms. The maximum Gasteiger partial charge on any atom is 0.215 e. The van der Waals surface area contributed by atoms with Gasteiger partial charge in [0.15, 0.2) is 34.7 Å². The lowest BCUT2D eigenvalue weighted by atomic mass is 9.91. The predicted octanol–water partition coefficient (Wildman–Crippen LogP) is 20.6. The summed E-state index contributed by atoms with van der Waals surface area (Å²) in [5.74, 6) is -1.63. The second-order valence-corrected chi connectivity index (χ2v) is 28.1. The molecule has 0 saturated heterocycles. The summed E-state index contributed by atoms with van der Waals surface area (Å²) < 4.78 is 113. The van der Waals surface area contributed by atoms with Gasteiger partial charge in [-0.3, -0.25) is 0 Å². The van der Waals surface area contributed by atoms with E-state index in [4.69, 9.17) is 17.8 Å². The van der Waals surface area contributed by atoms with E-state index in [0.29, 0.717) is 22.3 Å². The Morgan fingerprint density at radius 3 is 1.19 bits per heavy atom. The number of aromatic nitrogens is 6. The lowest BCUT2D eigenvalue weighted by molar-refractivity contribution is -0.667. The van der Waals surface area contributed by atoms with Gasteiger partial charge in [-0.25, -0.2) is 4.57 Å². The summed E-state index contributed by atoms with van der Waals surface area (Å²) >= 11 is 0. The van der Waals surface area contributed by atoms with Crippen LogP contribution in [0.1, 0.15) is 168 Å². The molecule has 0 N–H and O–H groups in total. The molecule has 0 amide bonds. The number of benzene rings is 6. The average molecular weight is 1380 g/mol. The molecule has 6 nitrogen and oxygen atoms in total. The number of pyridine rings is 6. The highest BCUT2D eigenvalue weighted by Crippen LogP contribution is 2.31. The lowest BCUT2D eigenvalue weighted by Gasteiger charge is -2.15. The fraction of sp³-hybridized carbons (Fsp3) is 0.320. The van der Waals surface area contributed by atoms with E-state index >= 15 is 0 Å². The molecule has 1 aliphatic rings. The largest absolute Gasteiger partial charge is 0.215 e. The minimum absolute atomic E-state index is 0.410. The molecule has 103 heavy (non-hydrogen) atoms. The van der Waals surface area contributed by atoms with Crippen LogP contribution in [0.3, 0.4) is 0 Å². The maximum atomic E-state index is 8.30. The van der Waals surface area contributed by atoms with Gasteiger partial charge in [0.1, 0.15) is 42.3 Å². The predicted molar refractivity (Wildman–Crippen MR) is 434 cm³/mol. The summed E-state index contributed by atoms with van der Waals surface area (Å²) in [6, 6.07) is 65.8. The Morgan fingerprint density at radius 1 is 0.320 bits per heavy atom. The maximum absolute atomic E-state index is 8.30. The van der Waals surface area contributed by atoms with Crippen molar-refractivity contribution < 1.29 is 45.2 Å². The molecule has 6 aromatic heterocycles. The van der Waals surface area contributed by atoms with Crippen molar-refractivity contribution in [1.82, 2.24) is 0 Å². The second-order valence-electron chi connectivity index (χ2n) is 28.1. The van der Waals surface area contributed by atoms with E-state index < -0.39 is 33.3 Å². The smallest absolute Gasteiger partial charge is 0.201 e. The molecule has 1 atom stereocenters. The van der Waals surface area contributed by atoms with E-state index in [0.717, 1.165) is 90.1 Å². The van der Waals surface area contributed by atoms with E-state index in [-0.39, 0.29) is 0 Å². The average Bonchev–Trinajstić information content (AvgIpc) is 0.762. The fourth-order valence-corrected chi connectivity index (χ4v) is 13.8. The second kappa shape index (κ2) is 35.4. The van der Waals surface area contributed by atoms with Gasteiger partial charge in [-0.15, -0.1) is 0 Å². The molecule has 0 fully saturated rings. The highest BCUT2D eigenvalue weighted by atomic mass is 15.0. The van der Waals surface area contributed by atoms with Crippen molar-refractivity contribution in [1.29, 1.82) is 0 Å². The number of hydrogen-bond acceptors (Lipinski definition) is 0. The van der Waals surface area contributed by atoms with Gasteiger partial charge in [0.25, 0.3) is 0 Å². The molecule has 6 heteroatoms. The molecule has 0 spiro atoms. The van der Waals surface area contributed by atoms with Crippen LogP contribution in [0.4, 0.5) is 0 Å². The zero-order valence-electron chi connectivity index (χ0n) is 78.6. The van der Waals surface area contributed by atoms with Gasteiger partial charge < -0.3 is 0 Å². The molecule has 6 heterocycles. The van der Waals surface area contributed by atoms with E-state index in [9.17, 15) is 0 Å². The zero-order valence-corrected chi connectivity index (χ0v) is 65.6. The first-order valence-corrected chi connectivity index (χ1v) is 36.0. The van der Waals surface area contributed by atoms with Crippen LogP contribution < -0.4 is 27.4 Å². The number of nitrogens with zero attached hydrogens (tertiary/aromatic N) is 6. The number of rotatable bonds is 7. The minimum Gasteiger partial charge on any atom is -0.201 e. The van der Waals surface area contributed by atoms with Crippen molar-refractivity contribution >= 4 is 0 Å². The van der Waals surface area contributed by atoms with E-state index in [2.05, 4.69) is 194 Å². The van der Waals surface area contributed by atoms with Crippen LogP contribution in [0.15, 0.2) is 200 Å². The Kier molecular flexibility index (Phi) is 21.3. The summed E-state index contributed by atoms with van der Waals surface area (Å²) in [6.45, 7) is 23.0. The van der Waals surface area contributed by atoms with Gasteiger partial charge in [-0.1, -0.05) is 123 Å². The van der Waals surface area contributed by atoms with Crippen molar-refractivity contribution in [3.8, 4) is 67.5 Å². The summed E-state index contributed by atoms with van der Waals surface area (Å²) in [7, 11) is 12.0. The summed E-state index contributed by atoms with van der Waals surface area (Å²) in [5.41, 5.74) is 34.9. The highest BCUT2D eigenvalue weighted by molar-refractivity contribution is 5.67. The van der Waals surface area contributed by atoms with Gasteiger partial charge in [0, 0.05) is 156 Å². The normalized spacial score (nSPS) is 14.3. The van der Waals surface area contributed by atoms with Crippen LogP contribution in [-0.4, -0.2) is 0 Å². The standard InChI is InChI=1S/C17H20N.2C17H22N.C16H20N.2C15H18N/c1-13-7-3-6-10-16(13)17-11-14-8-4-5-9-15(14)12-18(17)2;1-11-9-7-8-10-16(11)17-14(4)12(2)13(3)15(5)18(17)6;1-12(2)15-10-11-17(18(5)14(15)4)16-9-7-6-8-13(16)3;1-11-8-6-7-9-15(11)16-10-12(2)13(3)14(4)17(16)5;1-11-9-13(3)16(4)15(10-11)14-8-6-5-7-12(14)2;1-11-9-10-15(16(4)13(11)3)14-8-6-5-7-12(14)2/h3,6-7,10-12H,4-5,8-9H2,1-2H3;7-10H,1-6H3;6-12H,1-5H3;6-10H,1-5H3;2*5-10H,1-4H3/q6*+1/i;3D3;1D3,12D;3D3;;1D3. The van der Waals surface area contributed by atoms with Crippen LogP contribution >= 0.6 is 0 Å². The van der Waals surface area contributed by atoms with Crippen molar-refractivity contribution in [3.05, 3.63) is 318 Å². The summed E-state index contributed by atoms with van der Waals surface area (Å²) in [6.07, 6.45) is 7.51. The molecule has 0 saturated carbocycles. The molecule has 1 aliphatic carbocycles. The topological polar surface area (TPSA) is 23.3 Å². The Bertz CT molecular complexity index is 5520. The summed E-state index contributed by atoms with van der Waals surface area (Å²) in [4.78, 5) is 0. The van der Waals surface area contributed by atoms with Crippen molar-refractivity contribution in [3.63, 3.8) is 0 Å². The minimum atomic E-state index is -2.37. The van der Waals surface area contributed by atoms with Crippen LogP contribution in [0.5, 0.6) is 0 Å². The molecule has 13 rings (SSSR count). The summed E-state index contributed by atoms with van der Waals surface area (Å²) in [5, 5.41) is 0. The van der Waals surface area contributed by atoms with Crippen molar-refractivity contribution in [2.75, 3.05) is 0 Å². The Morgan fingerprint density at radius 2 is 0.728 bits per heavy atom. The fourth-order valence-electron chi connectivity index (χ4n) is 13.8. The van der Waals surface area contributed by atoms with Crippen LogP contribution in [0.2, 0.25) is 0 Å².